The maximum Gasteiger partial charge on any atom is 0.220 e. The van der Waals surface area contributed by atoms with Crippen molar-refractivity contribution < 1.29 is 39.8 Å². The molecule has 0 aromatic carbocycles. The van der Waals surface area contributed by atoms with Gasteiger partial charge in [0.25, 0.3) is 0 Å². The molecule has 0 aromatic heterocycles. The Morgan fingerprint density at radius 2 is 0.857 bits per heavy atom. The highest BCUT2D eigenvalue weighted by Gasteiger charge is 2.44. The maximum atomic E-state index is 13.1. The van der Waals surface area contributed by atoms with Crippen LogP contribution in [0.2, 0.25) is 0 Å². The second kappa shape index (κ2) is 50.7. The zero-order valence-electron chi connectivity index (χ0n) is 45.5. The van der Waals surface area contributed by atoms with Crippen LogP contribution in [-0.2, 0) is 14.3 Å². The number of hydrogen-bond acceptors (Lipinski definition) is 8. The molecule has 0 radical (unpaired) electrons. The summed E-state index contributed by atoms with van der Waals surface area (Å²) in [5, 5.41) is 54.5. The Balaban J connectivity index is 2.20. The standard InChI is InChI=1S/C61H113NO8/c1-3-5-7-9-11-13-15-17-19-21-23-24-25-26-27-28-29-30-31-32-33-35-37-39-41-43-45-47-49-51-57(65)62-54(53-69-61-60(68)59(67)58(66)56(52-63)70-61)55(64)50-48-46-44-42-40-38-36-34-22-20-18-16-14-12-10-8-6-4-2/h23-24,26-27,40,42,48,50,54-56,58-61,63-64,66-68H,3-22,25,28-39,41,43-47,49,51-53H2,1-2H3,(H,62,65)/b24-23-,27-26-,42-40+,50-48+. The highest BCUT2D eigenvalue weighted by molar-refractivity contribution is 5.76. The van der Waals surface area contributed by atoms with E-state index in [0.29, 0.717) is 6.42 Å². The Labute approximate surface area is 431 Å². The van der Waals surface area contributed by atoms with E-state index in [0.717, 1.165) is 44.9 Å². The summed E-state index contributed by atoms with van der Waals surface area (Å²) in [5.41, 5.74) is 0. The third kappa shape index (κ3) is 39.7. The summed E-state index contributed by atoms with van der Waals surface area (Å²) in [6, 6.07) is -0.823. The van der Waals surface area contributed by atoms with Crippen LogP contribution in [0.25, 0.3) is 0 Å². The zero-order chi connectivity index (χ0) is 50.8. The largest absolute Gasteiger partial charge is 0.394 e. The Morgan fingerprint density at radius 3 is 1.29 bits per heavy atom. The first kappa shape index (κ1) is 66.2. The molecule has 1 aliphatic rings. The second-order valence-corrected chi connectivity index (χ2v) is 20.8. The average molecular weight is 989 g/mol. The number of aliphatic hydroxyl groups excluding tert-OH is 5. The molecule has 6 N–H and O–H groups in total. The fraction of sp³-hybridized carbons (Fsp3) is 0.852. The number of hydrogen-bond donors (Lipinski definition) is 6. The highest BCUT2D eigenvalue weighted by Crippen LogP contribution is 2.23. The summed E-state index contributed by atoms with van der Waals surface area (Å²) in [7, 11) is 0. The van der Waals surface area contributed by atoms with Crippen LogP contribution in [-0.4, -0.2) is 87.5 Å². The Bertz CT molecular complexity index is 1240. The number of aliphatic hydroxyl groups is 5. The first-order valence-electron chi connectivity index (χ1n) is 29.9. The third-order valence-electron chi connectivity index (χ3n) is 14.1. The van der Waals surface area contributed by atoms with Gasteiger partial charge < -0.3 is 40.3 Å². The van der Waals surface area contributed by atoms with Crippen LogP contribution in [0.3, 0.4) is 0 Å². The molecule has 0 saturated carbocycles. The number of allylic oxidation sites excluding steroid dienone is 7. The number of carbonyl (C=O) groups is 1. The molecule has 1 fully saturated rings. The molecule has 7 unspecified atom stereocenters. The average Bonchev–Trinajstić information content (AvgIpc) is 3.36. The van der Waals surface area contributed by atoms with Crippen molar-refractivity contribution in [3.63, 3.8) is 0 Å². The molecule has 0 aliphatic carbocycles. The van der Waals surface area contributed by atoms with Crippen molar-refractivity contribution in [1.82, 2.24) is 5.32 Å². The van der Waals surface area contributed by atoms with Gasteiger partial charge in [-0.3, -0.25) is 4.79 Å². The Morgan fingerprint density at radius 1 is 0.486 bits per heavy atom. The van der Waals surface area contributed by atoms with Crippen molar-refractivity contribution in [2.75, 3.05) is 13.2 Å². The summed E-state index contributed by atoms with van der Waals surface area (Å²) >= 11 is 0. The lowest BCUT2D eigenvalue weighted by molar-refractivity contribution is -0.302. The lowest BCUT2D eigenvalue weighted by Gasteiger charge is -2.40. The van der Waals surface area contributed by atoms with E-state index >= 15 is 0 Å². The molecule has 9 heteroatoms. The van der Waals surface area contributed by atoms with Gasteiger partial charge >= 0.3 is 0 Å². The molecule has 0 aromatic rings. The van der Waals surface area contributed by atoms with Crippen molar-refractivity contribution in [2.45, 2.75) is 320 Å². The topological polar surface area (TPSA) is 149 Å². The summed E-state index contributed by atoms with van der Waals surface area (Å²) in [6.45, 7) is 3.78. The van der Waals surface area contributed by atoms with Gasteiger partial charge in [0.1, 0.15) is 24.4 Å². The second-order valence-electron chi connectivity index (χ2n) is 20.8. The van der Waals surface area contributed by atoms with Crippen molar-refractivity contribution in [1.29, 1.82) is 0 Å². The van der Waals surface area contributed by atoms with Gasteiger partial charge in [-0.25, -0.2) is 0 Å². The van der Waals surface area contributed by atoms with E-state index in [1.165, 1.54) is 212 Å². The Hall–Kier alpha value is -1.85. The van der Waals surface area contributed by atoms with Gasteiger partial charge in [0.05, 0.1) is 25.4 Å². The van der Waals surface area contributed by atoms with E-state index in [2.05, 4.69) is 55.6 Å². The molecule has 0 spiro atoms. The highest BCUT2D eigenvalue weighted by atomic mass is 16.7. The molecular formula is C61H113NO8. The minimum Gasteiger partial charge on any atom is -0.394 e. The summed E-state index contributed by atoms with van der Waals surface area (Å²) < 4.78 is 11.3. The molecule has 0 bridgehead atoms. The number of rotatable bonds is 51. The van der Waals surface area contributed by atoms with Crippen molar-refractivity contribution in [3.05, 3.63) is 48.6 Å². The minimum atomic E-state index is -1.57. The summed E-state index contributed by atoms with van der Waals surface area (Å²) in [6.07, 6.45) is 60.4. The number of carbonyl (C=O) groups excluding carboxylic acids is 1. The molecule has 70 heavy (non-hydrogen) atoms. The molecule has 7 atom stereocenters. The van der Waals surface area contributed by atoms with Crippen LogP contribution < -0.4 is 5.32 Å². The van der Waals surface area contributed by atoms with Gasteiger partial charge in [0, 0.05) is 6.42 Å². The van der Waals surface area contributed by atoms with Crippen LogP contribution >= 0.6 is 0 Å². The van der Waals surface area contributed by atoms with E-state index in [-0.39, 0.29) is 12.5 Å². The maximum absolute atomic E-state index is 13.1. The SMILES string of the molecule is CCCCCCCCCCC/C=C\C/C=C\CCCCCCCCCCCCCCCC(=O)NC(COC1OC(CO)C(O)C(O)C1O)C(O)/C=C/CC/C=C/CCCCCCCCCCCCCC. The summed E-state index contributed by atoms with van der Waals surface area (Å²) in [5.74, 6) is -0.186. The van der Waals surface area contributed by atoms with Crippen LogP contribution in [0.1, 0.15) is 277 Å². The van der Waals surface area contributed by atoms with Crippen LogP contribution in [0.5, 0.6) is 0 Å². The molecule has 1 heterocycles. The summed E-state index contributed by atoms with van der Waals surface area (Å²) in [4.78, 5) is 13.1. The first-order chi connectivity index (χ1) is 34.3. The van der Waals surface area contributed by atoms with Gasteiger partial charge in [-0.1, -0.05) is 255 Å². The predicted molar refractivity (Wildman–Crippen MR) is 295 cm³/mol. The molecule has 1 rings (SSSR count). The van der Waals surface area contributed by atoms with Crippen LogP contribution in [0, 0.1) is 0 Å². The van der Waals surface area contributed by atoms with Gasteiger partial charge in [-0.05, 0) is 64.2 Å². The van der Waals surface area contributed by atoms with Crippen LogP contribution in [0.4, 0.5) is 0 Å². The molecule has 9 nitrogen and oxygen atoms in total. The van der Waals surface area contributed by atoms with Gasteiger partial charge in [0.15, 0.2) is 6.29 Å². The van der Waals surface area contributed by atoms with Crippen LogP contribution in [0.15, 0.2) is 48.6 Å². The van der Waals surface area contributed by atoms with Gasteiger partial charge in [0.2, 0.25) is 5.91 Å². The lowest BCUT2D eigenvalue weighted by atomic mass is 9.99. The van der Waals surface area contributed by atoms with Gasteiger partial charge in [-0.15, -0.1) is 0 Å². The molecular weight excluding hydrogens is 875 g/mol. The Kier molecular flexibility index (Phi) is 47.9. The smallest absolute Gasteiger partial charge is 0.220 e. The quantitative estimate of drug-likeness (QED) is 0.0261. The molecule has 1 saturated heterocycles. The van der Waals surface area contributed by atoms with Gasteiger partial charge in [-0.2, -0.15) is 0 Å². The predicted octanol–water partition coefficient (Wildman–Crippen LogP) is 14.9. The normalized spacial score (nSPS) is 19.7. The fourth-order valence-electron chi connectivity index (χ4n) is 9.38. The van der Waals surface area contributed by atoms with E-state index in [4.69, 9.17) is 9.47 Å². The third-order valence-corrected chi connectivity index (χ3v) is 14.1. The number of nitrogens with one attached hydrogen (secondary N) is 1. The van der Waals surface area contributed by atoms with E-state index in [9.17, 15) is 30.3 Å². The first-order valence-corrected chi connectivity index (χ1v) is 29.9. The molecule has 1 amide bonds. The van der Waals surface area contributed by atoms with E-state index in [1.807, 2.05) is 6.08 Å². The number of unbranched alkanes of at least 4 members (excludes halogenated alkanes) is 35. The fourth-order valence-corrected chi connectivity index (χ4v) is 9.38. The minimum absolute atomic E-state index is 0.186. The monoisotopic (exact) mass is 988 g/mol. The number of amides is 1. The number of ether oxygens (including phenoxy) is 2. The van der Waals surface area contributed by atoms with Crippen molar-refractivity contribution in [2.24, 2.45) is 0 Å². The zero-order valence-corrected chi connectivity index (χ0v) is 45.5. The molecule has 410 valence electrons. The van der Waals surface area contributed by atoms with E-state index < -0.39 is 49.5 Å². The van der Waals surface area contributed by atoms with Crippen molar-refractivity contribution in [3.8, 4) is 0 Å². The van der Waals surface area contributed by atoms with E-state index in [1.54, 1.807) is 6.08 Å². The lowest BCUT2D eigenvalue weighted by Crippen LogP contribution is -2.60. The van der Waals surface area contributed by atoms with Crippen molar-refractivity contribution >= 4 is 5.91 Å². The molecule has 1 aliphatic heterocycles.